The van der Waals surface area contributed by atoms with E-state index in [9.17, 15) is 5.11 Å². The minimum Gasteiger partial charge on any atom is -0.386 e. The van der Waals surface area contributed by atoms with Crippen LogP contribution in [0.3, 0.4) is 0 Å². The molecule has 2 nitrogen and oxygen atoms in total. The zero-order chi connectivity index (χ0) is 13.5. The zero-order valence-corrected chi connectivity index (χ0v) is 11.4. The molecule has 2 aromatic carbocycles. The van der Waals surface area contributed by atoms with Gasteiger partial charge >= 0.3 is 0 Å². The van der Waals surface area contributed by atoms with Crippen molar-refractivity contribution in [2.75, 3.05) is 5.32 Å². The zero-order valence-electron chi connectivity index (χ0n) is 11.4. The molecule has 1 heterocycles. The van der Waals surface area contributed by atoms with Crippen LogP contribution in [-0.4, -0.2) is 11.1 Å². The molecule has 2 heteroatoms. The fraction of sp³-hybridized carbons (Fsp3) is 0.333. The molecule has 1 saturated carbocycles. The van der Waals surface area contributed by atoms with Crippen molar-refractivity contribution < 1.29 is 5.11 Å². The Balaban J connectivity index is 1.56. The van der Waals surface area contributed by atoms with E-state index in [1.807, 2.05) is 12.1 Å². The second kappa shape index (κ2) is 4.64. The fourth-order valence-electron chi connectivity index (χ4n) is 3.16. The van der Waals surface area contributed by atoms with Crippen LogP contribution < -0.4 is 5.32 Å². The Morgan fingerprint density at radius 2 is 1.90 bits per heavy atom. The maximum absolute atomic E-state index is 10.7. The van der Waals surface area contributed by atoms with Gasteiger partial charge in [-0.05, 0) is 47.9 Å². The van der Waals surface area contributed by atoms with Gasteiger partial charge < -0.3 is 10.4 Å². The predicted molar refractivity (Wildman–Crippen MR) is 80.9 cm³/mol. The molecule has 0 saturated heterocycles. The summed E-state index contributed by atoms with van der Waals surface area (Å²) in [6.07, 6.45) is 3.05. The van der Waals surface area contributed by atoms with Gasteiger partial charge in [-0.3, -0.25) is 0 Å². The number of hydrogen-bond donors (Lipinski definition) is 2. The number of aliphatic hydroxyl groups excluding tert-OH is 1. The molecule has 1 fully saturated rings. The van der Waals surface area contributed by atoms with Gasteiger partial charge in [-0.2, -0.15) is 0 Å². The summed E-state index contributed by atoms with van der Waals surface area (Å²) in [5, 5.41) is 14.1. The van der Waals surface area contributed by atoms with Gasteiger partial charge in [0.2, 0.25) is 0 Å². The van der Waals surface area contributed by atoms with E-state index in [1.165, 1.54) is 24.0 Å². The SMILES string of the molecule is OC(c1cccc(C2CC2)c1)C1Cc2ccccc2N1. The molecular formula is C18H19NO. The van der Waals surface area contributed by atoms with E-state index in [0.29, 0.717) is 0 Å². The molecule has 2 aliphatic rings. The lowest BCUT2D eigenvalue weighted by Gasteiger charge is -2.20. The molecule has 2 unspecified atom stereocenters. The monoisotopic (exact) mass is 265 g/mol. The number of hydrogen-bond acceptors (Lipinski definition) is 2. The van der Waals surface area contributed by atoms with Gasteiger partial charge in [0.1, 0.15) is 0 Å². The first-order valence-electron chi connectivity index (χ1n) is 7.43. The molecular weight excluding hydrogens is 246 g/mol. The van der Waals surface area contributed by atoms with Crippen molar-refractivity contribution in [1.29, 1.82) is 0 Å². The lowest BCUT2D eigenvalue weighted by Crippen LogP contribution is -2.24. The normalized spacial score (nSPS) is 22.1. The molecule has 0 spiro atoms. The number of nitrogens with one attached hydrogen (secondary N) is 1. The lowest BCUT2D eigenvalue weighted by atomic mass is 9.97. The van der Waals surface area contributed by atoms with Gasteiger partial charge in [0.25, 0.3) is 0 Å². The first-order valence-corrected chi connectivity index (χ1v) is 7.43. The molecule has 0 aromatic heterocycles. The van der Waals surface area contributed by atoms with E-state index < -0.39 is 6.10 Å². The summed E-state index contributed by atoms with van der Waals surface area (Å²) in [5.41, 5.74) is 4.89. The van der Waals surface area contributed by atoms with Crippen LogP contribution in [0.25, 0.3) is 0 Å². The standard InChI is InChI=1S/C18H19NO/c20-18(15-6-3-5-13(10-15)12-8-9-12)17-11-14-4-1-2-7-16(14)19-17/h1-7,10,12,17-20H,8-9,11H2. The number of aliphatic hydroxyl groups is 1. The van der Waals surface area contributed by atoms with E-state index >= 15 is 0 Å². The predicted octanol–water partition coefficient (Wildman–Crippen LogP) is 3.63. The van der Waals surface area contributed by atoms with E-state index in [4.69, 9.17) is 0 Å². The first kappa shape index (κ1) is 12.0. The third kappa shape index (κ3) is 2.10. The summed E-state index contributed by atoms with van der Waals surface area (Å²) in [6.45, 7) is 0. The number of fused-ring (bicyclic) bond motifs is 1. The molecule has 2 aromatic rings. The van der Waals surface area contributed by atoms with Crippen LogP contribution in [0.5, 0.6) is 0 Å². The summed E-state index contributed by atoms with van der Waals surface area (Å²) >= 11 is 0. The summed E-state index contributed by atoms with van der Waals surface area (Å²) < 4.78 is 0. The molecule has 2 atom stereocenters. The quantitative estimate of drug-likeness (QED) is 0.888. The van der Waals surface area contributed by atoms with E-state index in [1.54, 1.807) is 0 Å². The van der Waals surface area contributed by atoms with Crippen molar-refractivity contribution in [2.24, 2.45) is 0 Å². The molecule has 1 aliphatic carbocycles. The highest BCUT2D eigenvalue weighted by Gasteiger charge is 2.29. The molecule has 102 valence electrons. The van der Waals surface area contributed by atoms with Crippen LogP contribution in [0.2, 0.25) is 0 Å². The Hall–Kier alpha value is -1.80. The van der Waals surface area contributed by atoms with Crippen molar-refractivity contribution in [3.63, 3.8) is 0 Å². The number of para-hydroxylation sites is 1. The van der Waals surface area contributed by atoms with Crippen LogP contribution in [0.15, 0.2) is 48.5 Å². The highest BCUT2D eigenvalue weighted by molar-refractivity contribution is 5.57. The molecule has 0 radical (unpaired) electrons. The molecule has 0 bridgehead atoms. The van der Waals surface area contributed by atoms with Crippen molar-refractivity contribution >= 4 is 5.69 Å². The third-order valence-electron chi connectivity index (χ3n) is 4.48. The molecule has 0 amide bonds. The second-order valence-corrected chi connectivity index (χ2v) is 6.00. The molecule has 4 rings (SSSR count). The Bertz CT molecular complexity index is 608. The average Bonchev–Trinajstić information content (AvgIpc) is 3.25. The summed E-state index contributed by atoms with van der Waals surface area (Å²) in [6, 6.07) is 16.9. The van der Waals surface area contributed by atoms with Gasteiger partial charge in [0, 0.05) is 5.69 Å². The van der Waals surface area contributed by atoms with Crippen molar-refractivity contribution in [1.82, 2.24) is 0 Å². The Morgan fingerprint density at radius 3 is 2.70 bits per heavy atom. The maximum Gasteiger partial charge on any atom is 0.0994 e. The highest BCUT2D eigenvalue weighted by Crippen LogP contribution is 2.41. The molecule has 20 heavy (non-hydrogen) atoms. The van der Waals surface area contributed by atoms with Crippen molar-refractivity contribution in [2.45, 2.75) is 37.3 Å². The topological polar surface area (TPSA) is 32.3 Å². The average molecular weight is 265 g/mol. The third-order valence-corrected chi connectivity index (χ3v) is 4.48. The van der Waals surface area contributed by atoms with E-state index in [-0.39, 0.29) is 6.04 Å². The van der Waals surface area contributed by atoms with Crippen molar-refractivity contribution in [3.8, 4) is 0 Å². The van der Waals surface area contributed by atoms with Crippen LogP contribution in [-0.2, 0) is 6.42 Å². The Kier molecular flexibility index (Phi) is 2.78. The van der Waals surface area contributed by atoms with Crippen LogP contribution in [0, 0.1) is 0 Å². The Labute approximate surface area is 119 Å². The maximum atomic E-state index is 10.7. The van der Waals surface area contributed by atoms with Crippen LogP contribution >= 0.6 is 0 Å². The van der Waals surface area contributed by atoms with Gasteiger partial charge in [0.05, 0.1) is 12.1 Å². The van der Waals surface area contributed by atoms with E-state index in [2.05, 4.69) is 41.7 Å². The van der Waals surface area contributed by atoms with Gasteiger partial charge in [-0.25, -0.2) is 0 Å². The van der Waals surface area contributed by atoms with E-state index in [0.717, 1.165) is 23.6 Å². The largest absolute Gasteiger partial charge is 0.386 e. The van der Waals surface area contributed by atoms with Gasteiger partial charge in [-0.15, -0.1) is 0 Å². The molecule has 1 aliphatic heterocycles. The smallest absolute Gasteiger partial charge is 0.0994 e. The first-order chi connectivity index (χ1) is 9.81. The highest BCUT2D eigenvalue weighted by atomic mass is 16.3. The summed E-state index contributed by atoms with van der Waals surface area (Å²) in [5.74, 6) is 0.732. The second-order valence-electron chi connectivity index (χ2n) is 6.00. The number of rotatable bonds is 3. The van der Waals surface area contributed by atoms with Crippen molar-refractivity contribution in [3.05, 3.63) is 65.2 Å². The Morgan fingerprint density at radius 1 is 1.05 bits per heavy atom. The van der Waals surface area contributed by atoms with Gasteiger partial charge in [0.15, 0.2) is 0 Å². The number of benzene rings is 2. The van der Waals surface area contributed by atoms with Gasteiger partial charge in [-0.1, -0.05) is 42.5 Å². The molecule has 2 N–H and O–H groups in total. The minimum absolute atomic E-state index is 0.0850. The number of anilines is 1. The van der Waals surface area contributed by atoms with Crippen LogP contribution in [0.4, 0.5) is 5.69 Å². The minimum atomic E-state index is -0.443. The summed E-state index contributed by atoms with van der Waals surface area (Å²) in [4.78, 5) is 0. The summed E-state index contributed by atoms with van der Waals surface area (Å²) in [7, 11) is 0. The fourth-order valence-corrected chi connectivity index (χ4v) is 3.16. The lowest BCUT2D eigenvalue weighted by molar-refractivity contribution is 0.156. The van der Waals surface area contributed by atoms with Crippen LogP contribution in [0.1, 0.15) is 41.6 Å².